The molecule has 0 aliphatic carbocycles. The number of hydrogen-bond acceptors (Lipinski definition) is 4. The number of aliphatic carboxylic acids is 1. The average molecular weight is 296 g/mol. The molecule has 1 fully saturated rings. The summed E-state index contributed by atoms with van der Waals surface area (Å²) in [7, 11) is 0. The van der Waals surface area contributed by atoms with E-state index >= 15 is 0 Å². The number of nitrogens with zero attached hydrogens (tertiary/aromatic N) is 2. The standard InChI is InChI=1S/C14H20N2O3S/c1-14(2,3)11-10(20-8-15-11)12(17)16-6-4-9(5-7-16)13(18)19/h8-9H,4-7H2,1-3H3,(H,18,19). The first-order valence-corrected chi connectivity index (χ1v) is 7.64. The van der Waals surface area contributed by atoms with Crippen molar-refractivity contribution in [3.63, 3.8) is 0 Å². The first-order chi connectivity index (χ1) is 9.30. The molecule has 0 spiro atoms. The summed E-state index contributed by atoms with van der Waals surface area (Å²) in [6, 6.07) is 0. The van der Waals surface area contributed by atoms with Crippen LogP contribution in [0.25, 0.3) is 0 Å². The van der Waals surface area contributed by atoms with Crippen molar-refractivity contribution in [1.29, 1.82) is 0 Å². The van der Waals surface area contributed by atoms with E-state index in [2.05, 4.69) is 4.98 Å². The number of thiazole rings is 1. The summed E-state index contributed by atoms with van der Waals surface area (Å²) >= 11 is 1.37. The molecule has 1 aromatic rings. The third-order valence-electron chi connectivity index (χ3n) is 3.60. The number of amides is 1. The van der Waals surface area contributed by atoms with Crippen LogP contribution in [-0.2, 0) is 10.2 Å². The number of hydrogen-bond donors (Lipinski definition) is 1. The first kappa shape index (κ1) is 15.0. The molecule has 2 heterocycles. The molecule has 0 unspecified atom stereocenters. The summed E-state index contributed by atoms with van der Waals surface area (Å²) in [4.78, 5) is 30.2. The molecule has 1 N–H and O–H groups in total. The Bertz CT molecular complexity index is 511. The van der Waals surface area contributed by atoms with Gasteiger partial charge < -0.3 is 10.0 Å². The van der Waals surface area contributed by atoms with Gasteiger partial charge in [-0.15, -0.1) is 11.3 Å². The Hall–Kier alpha value is -1.43. The van der Waals surface area contributed by atoms with E-state index in [-0.39, 0.29) is 17.2 Å². The highest BCUT2D eigenvalue weighted by Gasteiger charge is 2.31. The van der Waals surface area contributed by atoms with Gasteiger partial charge in [0.25, 0.3) is 5.91 Å². The smallest absolute Gasteiger partial charge is 0.306 e. The van der Waals surface area contributed by atoms with Crippen LogP contribution in [0.1, 0.15) is 49.0 Å². The maximum Gasteiger partial charge on any atom is 0.306 e. The van der Waals surface area contributed by atoms with Crippen molar-refractivity contribution < 1.29 is 14.7 Å². The highest BCUT2D eigenvalue weighted by atomic mass is 32.1. The van der Waals surface area contributed by atoms with Crippen LogP contribution in [0.5, 0.6) is 0 Å². The molecule has 20 heavy (non-hydrogen) atoms. The third kappa shape index (κ3) is 3.00. The molecule has 0 radical (unpaired) electrons. The van der Waals surface area contributed by atoms with Crippen LogP contribution < -0.4 is 0 Å². The Balaban J connectivity index is 2.10. The molecule has 0 bridgehead atoms. The van der Waals surface area contributed by atoms with Crippen molar-refractivity contribution >= 4 is 23.2 Å². The van der Waals surface area contributed by atoms with E-state index in [4.69, 9.17) is 5.11 Å². The minimum Gasteiger partial charge on any atom is -0.481 e. The number of aromatic nitrogens is 1. The summed E-state index contributed by atoms with van der Waals surface area (Å²) in [6.07, 6.45) is 1.06. The Kier molecular flexibility index (Phi) is 4.13. The van der Waals surface area contributed by atoms with Gasteiger partial charge in [0.05, 0.1) is 17.1 Å². The predicted molar refractivity (Wildman–Crippen MR) is 77.1 cm³/mol. The Morgan fingerprint density at radius 3 is 2.45 bits per heavy atom. The quantitative estimate of drug-likeness (QED) is 0.909. The van der Waals surface area contributed by atoms with Gasteiger partial charge in [0.15, 0.2) is 0 Å². The lowest BCUT2D eigenvalue weighted by atomic mass is 9.90. The zero-order valence-corrected chi connectivity index (χ0v) is 12.9. The topological polar surface area (TPSA) is 70.5 Å². The van der Waals surface area contributed by atoms with Crippen molar-refractivity contribution in [1.82, 2.24) is 9.88 Å². The van der Waals surface area contributed by atoms with Crippen molar-refractivity contribution in [2.24, 2.45) is 5.92 Å². The van der Waals surface area contributed by atoms with Crippen molar-refractivity contribution in [2.45, 2.75) is 39.0 Å². The Labute approximate surface area is 122 Å². The van der Waals surface area contributed by atoms with E-state index in [1.807, 2.05) is 20.8 Å². The van der Waals surface area contributed by atoms with Crippen LogP contribution >= 0.6 is 11.3 Å². The largest absolute Gasteiger partial charge is 0.481 e. The molecule has 6 heteroatoms. The normalized spacial score (nSPS) is 17.2. The lowest BCUT2D eigenvalue weighted by Crippen LogP contribution is -2.40. The number of carbonyl (C=O) groups excluding carboxylic acids is 1. The van der Waals surface area contributed by atoms with Crippen LogP contribution in [0, 0.1) is 5.92 Å². The van der Waals surface area contributed by atoms with Crippen LogP contribution in [0.4, 0.5) is 0 Å². The number of rotatable bonds is 2. The van der Waals surface area contributed by atoms with E-state index in [0.717, 1.165) is 5.69 Å². The SMILES string of the molecule is CC(C)(C)c1ncsc1C(=O)N1CCC(C(=O)O)CC1. The third-order valence-corrected chi connectivity index (χ3v) is 4.42. The van der Waals surface area contributed by atoms with Gasteiger partial charge in [-0.3, -0.25) is 9.59 Å². The highest BCUT2D eigenvalue weighted by Crippen LogP contribution is 2.29. The second-order valence-electron chi connectivity index (χ2n) is 6.18. The fourth-order valence-corrected chi connectivity index (χ4v) is 3.37. The molecule has 1 aromatic heterocycles. The number of likely N-dealkylation sites (tertiary alicyclic amines) is 1. The maximum atomic E-state index is 12.6. The van der Waals surface area contributed by atoms with Crippen LogP contribution in [0.3, 0.4) is 0 Å². The molecule has 0 atom stereocenters. The van der Waals surface area contributed by atoms with Crippen molar-refractivity contribution in [2.75, 3.05) is 13.1 Å². The summed E-state index contributed by atoms with van der Waals surface area (Å²) in [5, 5.41) is 8.99. The summed E-state index contributed by atoms with van der Waals surface area (Å²) in [5.41, 5.74) is 2.37. The molecule has 1 amide bonds. The predicted octanol–water partition coefficient (Wildman–Crippen LogP) is 2.38. The van der Waals surface area contributed by atoms with Gasteiger partial charge in [-0.25, -0.2) is 4.98 Å². The van der Waals surface area contributed by atoms with Crippen LogP contribution in [-0.4, -0.2) is 40.0 Å². The summed E-state index contributed by atoms with van der Waals surface area (Å²) in [5.74, 6) is -1.09. The zero-order chi connectivity index (χ0) is 14.9. The summed E-state index contributed by atoms with van der Waals surface area (Å²) < 4.78 is 0. The van der Waals surface area contributed by atoms with Gasteiger partial charge in [0.1, 0.15) is 4.88 Å². The van der Waals surface area contributed by atoms with Gasteiger partial charge in [0.2, 0.25) is 0 Å². The molecule has 2 rings (SSSR count). The number of carbonyl (C=O) groups is 2. The molecule has 0 saturated carbocycles. The second-order valence-corrected chi connectivity index (χ2v) is 7.04. The monoisotopic (exact) mass is 296 g/mol. The second kappa shape index (κ2) is 5.52. The Morgan fingerprint density at radius 2 is 1.95 bits per heavy atom. The van der Waals surface area contributed by atoms with Gasteiger partial charge >= 0.3 is 5.97 Å². The van der Waals surface area contributed by atoms with Gasteiger partial charge in [-0.1, -0.05) is 20.8 Å². The molecular weight excluding hydrogens is 276 g/mol. The Morgan fingerprint density at radius 1 is 1.35 bits per heavy atom. The number of piperidine rings is 1. The van der Waals surface area contributed by atoms with E-state index in [0.29, 0.717) is 30.8 Å². The maximum absolute atomic E-state index is 12.6. The van der Waals surface area contributed by atoms with E-state index in [9.17, 15) is 9.59 Å². The fourth-order valence-electron chi connectivity index (χ4n) is 2.41. The van der Waals surface area contributed by atoms with Gasteiger partial charge in [-0.05, 0) is 12.8 Å². The van der Waals surface area contributed by atoms with E-state index in [1.54, 1.807) is 10.4 Å². The molecule has 1 aliphatic rings. The zero-order valence-electron chi connectivity index (χ0n) is 12.0. The minimum atomic E-state index is -0.759. The molecule has 1 aliphatic heterocycles. The van der Waals surface area contributed by atoms with Gasteiger partial charge in [0, 0.05) is 18.5 Å². The first-order valence-electron chi connectivity index (χ1n) is 6.76. The van der Waals surface area contributed by atoms with Crippen molar-refractivity contribution in [3.8, 4) is 0 Å². The molecule has 110 valence electrons. The summed E-state index contributed by atoms with van der Waals surface area (Å²) in [6.45, 7) is 7.13. The number of carboxylic acids is 1. The molecule has 5 nitrogen and oxygen atoms in total. The average Bonchev–Trinajstić information content (AvgIpc) is 2.87. The lowest BCUT2D eigenvalue weighted by molar-refractivity contribution is -0.143. The highest BCUT2D eigenvalue weighted by molar-refractivity contribution is 7.11. The number of carboxylic acid groups (broad SMARTS) is 1. The fraction of sp³-hybridized carbons (Fsp3) is 0.643. The van der Waals surface area contributed by atoms with Crippen LogP contribution in [0.2, 0.25) is 0 Å². The minimum absolute atomic E-state index is 0.0127. The van der Waals surface area contributed by atoms with Crippen molar-refractivity contribution in [3.05, 3.63) is 16.1 Å². The molecule has 1 saturated heterocycles. The van der Waals surface area contributed by atoms with E-state index < -0.39 is 5.97 Å². The van der Waals surface area contributed by atoms with E-state index in [1.165, 1.54) is 11.3 Å². The van der Waals surface area contributed by atoms with Crippen LogP contribution in [0.15, 0.2) is 5.51 Å². The molecular formula is C14H20N2O3S. The van der Waals surface area contributed by atoms with Gasteiger partial charge in [-0.2, -0.15) is 0 Å². The lowest BCUT2D eigenvalue weighted by Gasteiger charge is -2.30. The molecule has 0 aromatic carbocycles.